The first-order valence-electron chi connectivity index (χ1n) is 7.95. The van der Waals surface area contributed by atoms with Gasteiger partial charge in [-0.2, -0.15) is 0 Å². The van der Waals surface area contributed by atoms with E-state index in [0.29, 0.717) is 19.4 Å². The molecule has 1 saturated heterocycles. The molecule has 0 aliphatic carbocycles. The Labute approximate surface area is 150 Å². The lowest BCUT2D eigenvalue weighted by molar-refractivity contribution is -0.133. The highest BCUT2D eigenvalue weighted by atomic mass is 79.9. The van der Waals surface area contributed by atoms with Crippen molar-refractivity contribution in [2.75, 3.05) is 5.32 Å². The summed E-state index contributed by atoms with van der Waals surface area (Å²) in [6.07, 6.45) is 0.983. The van der Waals surface area contributed by atoms with E-state index in [1.165, 1.54) is 0 Å². The van der Waals surface area contributed by atoms with Crippen LogP contribution >= 0.6 is 15.9 Å². The van der Waals surface area contributed by atoms with Crippen LogP contribution in [0.15, 0.2) is 53.0 Å². The Bertz CT molecular complexity index is 761. The Morgan fingerprint density at radius 1 is 1.25 bits per heavy atom. The molecule has 1 heterocycles. The minimum Gasteiger partial charge on any atom is -0.326 e. The van der Waals surface area contributed by atoms with E-state index in [1.54, 1.807) is 4.90 Å². The number of hydrogen-bond acceptors (Lipinski definition) is 2. The first-order chi connectivity index (χ1) is 11.5. The van der Waals surface area contributed by atoms with Crippen molar-refractivity contribution < 1.29 is 9.59 Å². The highest BCUT2D eigenvalue weighted by Crippen LogP contribution is 2.24. The Kier molecular flexibility index (Phi) is 5.00. The predicted molar refractivity (Wildman–Crippen MR) is 97.5 cm³/mol. The number of likely N-dealkylation sites (tertiary alicyclic amines) is 1. The Morgan fingerprint density at radius 3 is 2.71 bits per heavy atom. The number of aryl methyl sites for hydroxylation is 1. The fourth-order valence-electron chi connectivity index (χ4n) is 2.93. The van der Waals surface area contributed by atoms with E-state index in [9.17, 15) is 9.59 Å². The van der Waals surface area contributed by atoms with Crippen molar-refractivity contribution in [2.24, 2.45) is 0 Å². The molecule has 1 unspecified atom stereocenters. The van der Waals surface area contributed by atoms with Crippen LogP contribution in [0.5, 0.6) is 0 Å². The number of rotatable bonds is 4. The van der Waals surface area contributed by atoms with Gasteiger partial charge in [-0.15, -0.1) is 0 Å². The molecule has 2 aromatic carbocycles. The zero-order valence-electron chi connectivity index (χ0n) is 13.5. The van der Waals surface area contributed by atoms with Gasteiger partial charge in [0.05, 0.1) is 0 Å². The van der Waals surface area contributed by atoms with E-state index in [1.807, 2.05) is 55.5 Å². The van der Waals surface area contributed by atoms with Gasteiger partial charge in [0, 0.05) is 23.1 Å². The number of hydrogen-bond donors (Lipinski definition) is 1. The maximum atomic E-state index is 12.6. The number of carbonyl (C=O) groups excluding carboxylic acids is 2. The Morgan fingerprint density at radius 2 is 2.00 bits per heavy atom. The molecule has 5 heteroatoms. The summed E-state index contributed by atoms with van der Waals surface area (Å²) in [7, 11) is 0. The summed E-state index contributed by atoms with van der Waals surface area (Å²) in [5, 5.41) is 2.93. The molecule has 0 radical (unpaired) electrons. The molecule has 2 aromatic rings. The summed E-state index contributed by atoms with van der Waals surface area (Å²) >= 11 is 3.45. The van der Waals surface area contributed by atoms with Gasteiger partial charge in [0.2, 0.25) is 11.8 Å². The van der Waals surface area contributed by atoms with Gasteiger partial charge in [0.15, 0.2) is 0 Å². The molecule has 24 heavy (non-hydrogen) atoms. The largest absolute Gasteiger partial charge is 0.326 e. The summed E-state index contributed by atoms with van der Waals surface area (Å²) in [4.78, 5) is 26.5. The average Bonchev–Trinajstić information content (AvgIpc) is 2.93. The SMILES string of the molecule is Cc1cc(NC(=O)C2CCC(=O)N2Cc2ccccc2)ccc1Br. The number of amides is 2. The van der Waals surface area contributed by atoms with Crippen LogP contribution in [0, 0.1) is 6.92 Å². The number of halogens is 1. The van der Waals surface area contributed by atoms with E-state index in [-0.39, 0.29) is 11.8 Å². The number of nitrogens with one attached hydrogen (secondary N) is 1. The van der Waals surface area contributed by atoms with Crippen molar-refractivity contribution in [1.82, 2.24) is 4.90 Å². The Balaban J connectivity index is 1.72. The third-order valence-electron chi connectivity index (χ3n) is 4.25. The average molecular weight is 387 g/mol. The van der Waals surface area contributed by atoms with Gasteiger partial charge >= 0.3 is 0 Å². The summed E-state index contributed by atoms with van der Waals surface area (Å²) < 4.78 is 1.00. The number of nitrogens with zero attached hydrogens (tertiary/aromatic N) is 1. The highest BCUT2D eigenvalue weighted by Gasteiger charge is 2.35. The van der Waals surface area contributed by atoms with E-state index in [2.05, 4.69) is 21.2 Å². The van der Waals surface area contributed by atoms with Gasteiger partial charge in [0.1, 0.15) is 6.04 Å². The molecular weight excluding hydrogens is 368 g/mol. The lowest BCUT2D eigenvalue weighted by Crippen LogP contribution is -2.41. The summed E-state index contributed by atoms with van der Waals surface area (Å²) in [6.45, 7) is 2.44. The molecule has 1 aliphatic heterocycles. The smallest absolute Gasteiger partial charge is 0.247 e. The van der Waals surface area contributed by atoms with Crippen LogP contribution in [0.25, 0.3) is 0 Å². The van der Waals surface area contributed by atoms with Crippen molar-refractivity contribution in [1.29, 1.82) is 0 Å². The van der Waals surface area contributed by atoms with Gasteiger partial charge in [-0.05, 0) is 42.7 Å². The van der Waals surface area contributed by atoms with Crippen LogP contribution < -0.4 is 5.32 Å². The number of anilines is 1. The molecule has 2 amide bonds. The molecular formula is C19H19BrN2O2. The minimum absolute atomic E-state index is 0.0333. The fourth-order valence-corrected chi connectivity index (χ4v) is 3.18. The van der Waals surface area contributed by atoms with Crippen molar-refractivity contribution in [3.8, 4) is 0 Å². The molecule has 0 spiro atoms. The summed E-state index contributed by atoms with van der Waals surface area (Å²) in [5.74, 6) is -0.0931. The molecule has 0 bridgehead atoms. The van der Waals surface area contributed by atoms with Gasteiger partial charge in [-0.25, -0.2) is 0 Å². The maximum Gasteiger partial charge on any atom is 0.247 e. The standard InChI is InChI=1S/C19H19BrN2O2/c1-13-11-15(7-8-16(13)20)21-19(24)17-9-10-18(23)22(17)12-14-5-3-2-4-6-14/h2-8,11,17H,9-10,12H2,1H3,(H,21,24). The molecule has 1 atom stereocenters. The topological polar surface area (TPSA) is 49.4 Å². The van der Waals surface area contributed by atoms with Crippen LogP contribution in [0.1, 0.15) is 24.0 Å². The second-order valence-electron chi connectivity index (χ2n) is 6.01. The van der Waals surface area contributed by atoms with Crippen molar-refractivity contribution >= 4 is 33.4 Å². The first-order valence-corrected chi connectivity index (χ1v) is 8.74. The normalized spacial score (nSPS) is 17.2. The van der Waals surface area contributed by atoms with Crippen LogP contribution in [-0.4, -0.2) is 22.8 Å². The third-order valence-corrected chi connectivity index (χ3v) is 5.14. The van der Waals surface area contributed by atoms with E-state index in [0.717, 1.165) is 21.3 Å². The van der Waals surface area contributed by atoms with Gasteiger partial charge in [0.25, 0.3) is 0 Å². The van der Waals surface area contributed by atoms with Crippen molar-refractivity contribution in [2.45, 2.75) is 32.4 Å². The quantitative estimate of drug-likeness (QED) is 0.866. The molecule has 0 saturated carbocycles. The van der Waals surface area contributed by atoms with Crippen LogP contribution in [0.3, 0.4) is 0 Å². The van der Waals surface area contributed by atoms with Gasteiger partial charge in [-0.3, -0.25) is 9.59 Å². The zero-order chi connectivity index (χ0) is 17.1. The van der Waals surface area contributed by atoms with E-state index >= 15 is 0 Å². The lowest BCUT2D eigenvalue weighted by Gasteiger charge is -2.24. The molecule has 3 rings (SSSR count). The third kappa shape index (κ3) is 3.67. The van der Waals surface area contributed by atoms with Crippen molar-refractivity contribution in [3.63, 3.8) is 0 Å². The lowest BCUT2D eigenvalue weighted by atomic mass is 10.1. The maximum absolute atomic E-state index is 12.6. The summed E-state index contributed by atoms with van der Waals surface area (Å²) in [6, 6.07) is 15.0. The second kappa shape index (κ2) is 7.18. The number of benzene rings is 2. The van der Waals surface area contributed by atoms with E-state index < -0.39 is 6.04 Å². The van der Waals surface area contributed by atoms with Crippen LogP contribution in [0.2, 0.25) is 0 Å². The minimum atomic E-state index is -0.415. The molecule has 1 aliphatic rings. The molecule has 1 N–H and O–H groups in total. The Hall–Kier alpha value is -2.14. The molecule has 4 nitrogen and oxygen atoms in total. The van der Waals surface area contributed by atoms with Crippen LogP contribution in [-0.2, 0) is 16.1 Å². The molecule has 1 fully saturated rings. The summed E-state index contributed by atoms with van der Waals surface area (Å²) in [5.41, 5.74) is 2.83. The zero-order valence-corrected chi connectivity index (χ0v) is 15.0. The van der Waals surface area contributed by atoms with Crippen LogP contribution in [0.4, 0.5) is 5.69 Å². The molecule has 0 aromatic heterocycles. The van der Waals surface area contributed by atoms with Gasteiger partial charge in [-0.1, -0.05) is 46.3 Å². The molecule has 124 valence electrons. The monoisotopic (exact) mass is 386 g/mol. The van der Waals surface area contributed by atoms with E-state index in [4.69, 9.17) is 0 Å². The fraction of sp³-hybridized carbons (Fsp3) is 0.263. The van der Waals surface area contributed by atoms with Gasteiger partial charge < -0.3 is 10.2 Å². The predicted octanol–water partition coefficient (Wildman–Crippen LogP) is 3.89. The first kappa shape index (κ1) is 16.7. The second-order valence-corrected chi connectivity index (χ2v) is 6.87. The number of carbonyl (C=O) groups is 2. The highest BCUT2D eigenvalue weighted by molar-refractivity contribution is 9.10. The van der Waals surface area contributed by atoms with Crippen molar-refractivity contribution in [3.05, 3.63) is 64.1 Å².